The van der Waals surface area contributed by atoms with Crippen LogP contribution in [-0.2, 0) is 12.4 Å². The molecule has 1 aliphatic carbocycles. The largest absolute Gasteiger partial charge is 0.484 e. The third-order valence-electron chi connectivity index (χ3n) is 4.51. The van der Waals surface area contributed by atoms with E-state index in [1.807, 2.05) is 47.8 Å². The predicted octanol–water partition coefficient (Wildman–Crippen LogP) is 5.85. The molecule has 0 unspecified atom stereocenters. The Morgan fingerprint density at radius 2 is 2.10 bits per heavy atom. The number of hydrogen-bond donors (Lipinski definition) is 0. The van der Waals surface area contributed by atoms with Gasteiger partial charge in [0.1, 0.15) is 12.4 Å². The van der Waals surface area contributed by atoms with Gasteiger partial charge in [-0.2, -0.15) is 0 Å². The molecule has 1 aromatic carbocycles. The lowest BCUT2D eigenvalue weighted by atomic mass is 10.3. The van der Waals surface area contributed by atoms with Gasteiger partial charge < -0.3 is 9.26 Å². The normalized spacial score (nSPS) is 13.7. The fourth-order valence-electron chi connectivity index (χ4n) is 2.96. The van der Waals surface area contributed by atoms with E-state index >= 15 is 0 Å². The van der Waals surface area contributed by atoms with Crippen molar-refractivity contribution in [3.63, 3.8) is 0 Å². The lowest BCUT2D eigenvalue weighted by Gasteiger charge is -2.10. The Morgan fingerprint density at radius 1 is 1.21 bits per heavy atom. The topological polar surface area (TPSA) is 66.0 Å². The number of halogens is 1. The fourth-order valence-corrected chi connectivity index (χ4v) is 4.73. The number of aromatic nitrogens is 4. The van der Waals surface area contributed by atoms with Crippen molar-refractivity contribution in [2.24, 2.45) is 0 Å². The number of hydrogen-bond acceptors (Lipinski definition) is 7. The van der Waals surface area contributed by atoms with E-state index in [1.54, 1.807) is 23.1 Å². The second kappa shape index (κ2) is 8.22. The van der Waals surface area contributed by atoms with E-state index < -0.39 is 0 Å². The predicted molar refractivity (Wildman–Crippen MR) is 113 cm³/mol. The molecule has 0 radical (unpaired) electrons. The van der Waals surface area contributed by atoms with Crippen LogP contribution in [0.4, 0.5) is 0 Å². The highest BCUT2D eigenvalue weighted by molar-refractivity contribution is 7.98. The zero-order valence-corrected chi connectivity index (χ0v) is 17.7. The maximum atomic E-state index is 6.18. The number of thiophene rings is 1. The fraction of sp³-hybridized carbons (Fsp3) is 0.250. The zero-order valence-electron chi connectivity index (χ0n) is 15.3. The average molecular weight is 445 g/mol. The van der Waals surface area contributed by atoms with E-state index in [0.29, 0.717) is 29.2 Å². The van der Waals surface area contributed by atoms with Crippen molar-refractivity contribution in [1.82, 2.24) is 19.9 Å². The van der Waals surface area contributed by atoms with Crippen LogP contribution in [0, 0.1) is 0 Å². The number of rotatable bonds is 8. The van der Waals surface area contributed by atoms with E-state index in [2.05, 4.69) is 19.9 Å². The first kappa shape index (κ1) is 18.7. The summed E-state index contributed by atoms with van der Waals surface area (Å²) in [7, 11) is 0. The molecule has 4 aromatic rings. The van der Waals surface area contributed by atoms with Crippen molar-refractivity contribution in [3.05, 3.63) is 64.4 Å². The van der Waals surface area contributed by atoms with Gasteiger partial charge in [0.2, 0.25) is 0 Å². The molecule has 6 nitrogen and oxygen atoms in total. The van der Waals surface area contributed by atoms with E-state index in [9.17, 15) is 0 Å². The molecule has 0 amide bonds. The molecule has 0 atom stereocenters. The highest BCUT2D eigenvalue weighted by Crippen LogP contribution is 2.39. The Bertz CT molecular complexity index is 1110. The molecule has 1 fully saturated rings. The van der Waals surface area contributed by atoms with Gasteiger partial charge in [-0.15, -0.1) is 21.5 Å². The molecule has 3 aromatic heterocycles. The van der Waals surface area contributed by atoms with Crippen molar-refractivity contribution < 1.29 is 9.26 Å². The maximum Gasteiger partial charge on any atom is 0.191 e. The summed E-state index contributed by atoms with van der Waals surface area (Å²) < 4.78 is 13.5. The molecule has 3 heterocycles. The van der Waals surface area contributed by atoms with Crippen LogP contribution in [0.25, 0.3) is 10.6 Å². The molecule has 0 saturated heterocycles. The molecular formula is C20H17ClN4O2S2. The van der Waals surface area contributed by atoms with Gasteiger partial charge in [-0.05, 0) is 36.4 Å². The van der Waals surface area contributed by atoms with Crippen LogP contribution in [0.5, 0.6) is 5.75 Å². The molecule has 9 heteroatoms. The van der Waals surface area contributed by atoms with Gasteiger partial charge in [-0.1, -0.05) is 46.7 Å². The van der Waals surface area contributed by atoms with Gasteiger partial charge in [0.25, 0.3) is 0 Å². The highest BCUT2D eigenvalue weighted by Gasteiger charge is 2.30. The van der Waals surface area contributed by atoms with Crippen LogP contribution in [0.2, 0.25) is 5.02 Å². The minimum atomic E-state index is 0.334. The monoisotopic (exact) mass is 444 g/mol. The number of benzene rings is 1. The summed E-state index contributed by atoms with van der Waals surface area (Å²) in [5.74, 6) is 2.94. The number of nitrogens with zero attached hydrogens (tertiary/aromatic N) is 4. The molecule has 5 rings (SSSR count). The molecule has 0 bridgehead atoms. The Labute approximate surface area is 180 Å². The minimum Gasteiger partial charge on any atom is -0.484 e. The van der Waals surface area contributed by atoms with Crippen molar-refractivity contribution in [2.45, 2.75) is 36.4 Å². The average Bonchev–Trinajstić information content (AvgIpc) is 3.15. The molecular weight excluding hydrogens is 428 g/mol. The summed E-state index contributed by atoms with van der Waals surface area (Å²) in [5, 5.41) is 16.4. The van der Waals surface area contributed by atoms with Crippen molar-refractivity contribution in [1.29, 1.82) is 0 Å². The second-order valence-corrected chi connectivity index (χ2v) is 8.96. The maximum absolute atomic E-state index is 6.18. The second-order valence-electron chi connectivity index (χ2n) is 6.67. The van der Waals surface area contributed by atoms with E-state index in [1.165, 1.54) is 0 Å². The molecule has 29 heavy (non-hydrogen) atoms. The summed E-state index contributed by atoms with van der Waals surface area (Å²) in [6.07, 6.45) is 2.27. The summed E-state index contributed by atoms with van der Waals surface area (Å²) >= 11 is 9.43. The zero-order chi connectivity index (χ0) is 19.6. The minimum absolute atomic E-state index is 0.334. The molecule has 1 saturated carbocycles. The Morgan fingerprint density at radius 3 is 2.90 bits per heavy atom. The Kier molecular flexibility index (Phi) is 5.30. The lowest BCUT2D eigenvalue weighted by Crippen LogP contribution is -2.07. The van der Waals surface area contributed by atoms with Crippen LogP contribution in [0.15, 0.2) is 57.5 Å². The van der Waals surface area contributed by atoms with E-state index in [-0.39, 0.29) is 0 Å². The van der Waals surface area contributed by atoms with Gasteiger partial charge >= 0.3 is 0 Å². The van der Waals surface area contributed by atoms with Crippen LogP contribution in [0.1, 0.15) is 30.4 Å². The molecule has 0 spiro atoms. The summed E-state index contributed by atoms with van der Waals surface area (Å²) in [6.45, 7) is 0.334. The van der Waals surface area contributed by atoms with E-state index in [4.69, 9.17) is 20.9 Å². The SMILES string of the molecule is Clc1ccccc1OCc1nnc(SCc2cc(-c3cccs3)on2)n1C1CC1. The van der Waals surface area contributed by atoms with Crippen molar-refractivity contribution in [3.8, 4) is 16.4 Å². The summed E-state index contributed by atoms with van der Waals surface area (Å²) in [6, 6.07) is 13.9. The van der Waals surface area contributed by atoms with Gasteiger partial charge in [0, 0.05) is 17.9 Å². The number of ether oxygens (including phenoxy) is 1. The quantitative estimate of drug-likeness (QED) is 0.317. The van der Waals surface area contributed by atoms with Crippen LogP contribution in [-0.4, -0.2) is 19.9 Å². The third-order valence-corrected chi connectivity index (χ3v) is 6.69. The summed E-state index contributed by atoms with van der Waals surface area (Å²) in [5.41, 5.74) is 0.887. The Hall–Kier alpha value is -2.29. The van der Waals surface area contributed by atoms with Gasteiger partial charge in [0.05, 0.1) is 15.6 Å². The number of thioether (sulfide) groups is 1. The molecule has 0 N–H and O–H groups in total. The van der Waals surface area contributed by atoms with Gasteiger partial charge in [-0.3, -0.25) is 4.57 Å². The highest BCUT2D eigenvalue weighted by atomic mass is 35.5. The molecule has 148 valence electrons. The summed E-state index contributed by atoms with van der Waals surface area (Å²) in [4.78, 5) is 1.08. The van der Waals surface area contributed by atoms with Crippen molar-refractivity contribution in [2.75, 3.05) is 0 Å². The molecule has 0 aliphatic heterocycles. The lowest BCUT2D eigenvalue weighted by molar-refractivity contribution is 0.288. The molecule has 1 aliphatic rings. The number of para-hydroxylation sites is 1. The Balaban J connectivity index is 1.28. The van der Waals surface area contributed by atoms with Crippen LogP contribution >= 0.6 is 34.7 Å². The first-order valence-corrected chi connectivity index (χ1v) is 11.5. The first-order valence-electron chi connectivity index (χ1n) is 9.21. The van der Waals surface area contributed by atoms with Gasteiger partial charge in [0.15, 0.2) is 16.7 Å². The van der Waals surface area contributed by atoms with Crippen molar-refractivity contribution >= 4 is 34.7 Å². The van der Waals surface area contributed by atoms with Crippen LogP contribution in [0.3, 0.4) is 0 Å². The first-order chi connectivity index (χ1) is 14.3. The third kappa shape index (κ3) is 4.19. The van der Waals surface area contributed by atoms with E-state index in [0.717, 1.165) is 40.2 Å². The van der Waals surface area contributed by atoms with Crippen LogP contribution < -0.4 is 4.74 Å². The smallest absolute Gasteiger partial charge is 0.191 e. The van der Waals surface area contributed by atoms with Gasteiger partial charge in [-0.25, -0.2) is 0 Å². The standard InChI is InChI=1S/C20H17ClN4O2S2/c21-15-4-1-2-5-16(15)26-11-19-22-23-20(25(19)14-7-8-14)29-12-13-10-17(27-24-13)18-6-3-9-28-18/h1-6,9-10,14H,7-8,11-12H2.